The normalized spacial score (nSPS) is 10.7. The number of fused-ring (bicyclic) bond motifs is 1. The van der Waals surface area contributed by atoms with Gasteiger partial charge < -0.3 is 23.7 Å². The van der Waals surface area contributed by atoms with Crippen LogP contribution in [0.15, 0.2) is 54.6 Å². The highest BCUT2D eigenvalue weighted by Crippen LogP contribution is 2.42. The SMILES string of the molecule is COc1ccc(-c2sc3cc(OC)ccc3c2C(=O)Cc2cc(OC)c(OC)c(OC)c2)cc1. The summed E-state index contributed by atoms with van der Waals surface area (Å²) in [6, 6.07) is 17.1. The van der Waals surface area contributed by atoms with E-state index < -0.39 is 0 Å². The average Bonchev–Trinajstić information content (AvgIpc) is 3.26. The molecule has 0 unspecified atom stereocenters. The highest BCUT2D eigenvalue weighted by Gasteiger charge is 2.22. The molecule has 7 heteroatoms. The van der Waals surface area contributed by atoms with Crippen LogP contribution in [0.5, 0.6) is 28.7 Å². The van der Waals surface area contributed by atoms with Gasteiger partial charge in [0.15, 0.2) is 17.3 Å². The Labute approximate surface area is 202 Å². The Morgan fingerprint density at radius 1 is 0.735 bits per heavy atom. The van der Waals surface area contributed by atoms with Crippen molar-refractivity contribution in [2.24, 2.45) is 0 Å². The van der Waals surface area contributed by atoms with Gasteiger partial charge in [-0.05, 0) is 65.7 Å². The number of ketones is 1. The summed E-state index contributed by atoms with van der Waals surface area (Å²) in [5.41, 5.74) is 2.41. The Morgan fingerprint density at radius 2 is 1.35 bits per heavy atom. The van der Waals surface area contributed by atoms with Crippen LogP contribution in [0.2, 0.25) is 0 Å². The standard InChI is InChI=1S/C27H26O6S/c1-29-18-8-6-17(7-9-18)27-25(20-11-10-19(30-2)15-24(20)34-27)21(28)12-16-13-22(31-3)26(33-5)23(14-16)32-4/h6-11,13-15H,12H2,1-5H3. The number of ether oxygens (including phenoxy) is 5. The van der Waals surface area contributed by atoms with Crippen LogP contribution in [0.25, 0.3) is 20.5 Å². The molecule has 0 fully saturated rings. The van der Waals surface area contributed by atoms with Gasteiger partial charge in [-0.3, -0.25) is 4.79 Å². The largest absolute Gasteiger partial charge is 0.497 e. The first-order valence-electron chi connectivity index (χ1n) is 10.6. The maximum atomic E-state index is 13.8. The molecule has 4 aromatic rings. The number of hydrogen-bond donors (Lipinski definition) is 0. The minimum Gasteiger partial charge on any atom is -0.497 e. The molecule has 1 heterocycles. The second-order valence-corrected chi connectivity index (χ2v) is 8.58. The van der Waals surface area contributed by atoms with Crippen LogP contribution in [0.1, 0.15) is 15.9 Å². The molecular formula is C27H26O6S. The summed E-state index contributed by atoms with van der Waals surface area (Å²) in [4.78, 5) is 14.7. The summed E-state index contributed by atoms with van der Waals surface area (Å²) in [7, 11) is 7.94. The number of carbonyl (C=O) groups excluding carboxylic acids is 1. The molecule has 0 aliphatic rings. The quantitative estimate of drug-likeness (QED) is 0.274. The number of hydrogen-bond acceptors (Lipinski definition) is 7. The van der Waals surface area contributed by atoms with Crippen molar-refractivity contribution in [3.05, 3.63) is 65.7 Å². The summed E-state index contributed by atoms with van der Waals surface area (Å²) in [5, 5.41) is 0.897. The van der Waals surface area contributed by atoms with E-state index in [2.05, 4.69) is 0 Å². The van der Waals surface area contributed by atoms with E-state index in [4.69, 9.17) is 23.7 Å². The molecule has 0 aliphatic carbocycles. The smallest absolute Gasteiger partial charge is 0.203 e. The molecule has 3 aromatic carbocycles. The summed E-state index contributed by atoms with van der Waals surface area (Å²) >= 11 is 1.57. The summed E-state index contributed by atoms with van der Waals surface area (Å²) < 4.78 is 28.0. The van der Waals surface area contributed by atoms with Gasteiger partial charge in [-0.2, -0.15) is 0 Å². The molecule has 0 spiro atoms. The molecular weight excluding hydrogens is 452 g/mol. The molecule has 1 aromatic heterocycles. The van der Waals surface area contributed by atoms with Crippen molar-refractivity contribution >= 4 is 27.2 Å². The third-order valence-corrected chi connectivity index (χ3v) is 6.82. The Hall–Kier alpha value is -3.71. The fourth-order valence-electron chi connectivity index (χ4n) is 3.94. The van der Waals surface area contributed by atoms with Gasteiger partial charge in [-0.15, -0.1) is 11.3 Å². The van der Waals surface area contributed by atoms with Gasteiger partial charge in [0, 0.05) is 26.9 Å². The highest BCUT2D eigenvalue weighted by molar-refractivity contribution is 7.22. The van der Waals surface area contributed by atoms with E-state index in [1.165, 1.54) is 0 Å². The van der Waals surface area contributed by atoms with E-state index in [0.717, 1.165) is 37.6 Å². The molecule has 176 valence electrons. The lowest BCUT2D eigenvalue weighted by Gasteiger charge is -2.14. The third-order valence-electron chi connectivity index (χ3n) is 5.62. The topological polar surface area (TPSA) is 63.2 Å². The minimum absolute atomic E-state index is 0.00323. The molecule has 0 saturated carbocycles. The second-order valence-electron chi connectivity index (χ2n) is 7.53. The average molecular weight is 479 g/mol. The third kappa shape index (κ3) is 4.39. The first-order valence-corrected chi connectivity index (χ1v) is 11.4. The highest BCUT2D eigenvalue weighted by atomic mass is 32.1. The van der Waals surface area contributed by atoms with Gasteiger partial charge in [0.2, 0.25) is 5.75 Å². The minimum atomic E-state index is -0.00323. The first-order chi connectivity index (χ1) is 16.5. The van der Waals surface area contributed by atoms with E-state index in [-0.39, 0.29) is 12.2 Å². The fourth-order valence-corrected chi connectivity index (χ4v) is 5.19. The molecule has 0 radical (unpaired) electrons. The predicted octanol–water partition coefficient (Wildman–Crippen LogP) is 6.04. The molecule has 0 bridgehead atoms. The maximum absolute atomic E-state index is 13.8. The zero-order valence-corrected chi connectivity index (χ0v) is 20.6. The molecule has 0 saturated heterocycles. The van der Waals surface area contributed by atoms with E-state index in [1.807, 2.05) is 54.6 Å². The van der Waals surface area contributed by atoms with Gasteiger partial charge in [0.05, 0.1) is 35.5 Å². The first kappa shape index (κ1) is 23.4. The molecule has 4 rings (SSSR count). The van der Waals surface area contributed by atoms with Crippen molar-refractivity contribution in [1.29, 1.82) is 0 Å². The van der Waals surface area contributed by atoms with Gasteiger partial charge in [-0.25, -0.2) is 0 Å². The lowest BCUT2D eigenvalue weighted by molar-refractivity contribution is 0.0995. The van der Waals surface area contributed by atoms with Crippen LogP contribution in [0, 0.1) is 0 Å². The molecule has 0 amide bonds. The van der Waals surface area contributed by atoms with Crippen molar-refractivity contribution in [2.45, 2.75) is 6.42 Å². The molecule has 0 atom stereocenters. The van der Waals surface area contributed by atoms with Crippen LogP contribution in [0.4, 0.5) is 0 Å². The Balaban J connectivity index is 1.81. The number of Topliss-reactive ketones (excluding diaryl/α,β-unsaturated/α-hetero) is 1. The number of methoxy groups -OCH3 is 5. The zero-order chi connectivity index (χ0) is 24.2. The number of rotatable bonds is 9. The van der Waals surface area contributed by atoms with Crippen LogP contribution in [-0.4, -0.2) is 41.3 Å². The van der Waals surface area contributed by atoms with Crippen molar-refractivity contribution in [3.8, 4) is 39.2 Å². The Kier molecular flexibility index (Phi) is 6.93. The molecule has 34 heavy (non-hydrogen) atoms. The van der Waals surface area contributed by atoms with E-state index in [0.29, 0.717) is 22.8 Å². The number of carbonyl (C=O) groups is 1. The lowest BCUT2D eigenvalue weighted by atomic mass is 9.97. The summed E-state index contributed by atoms with van der Waals surface area (Å²) in [5.74, 6) is 3.03. The van der Waals surface area contributed by atoms with Gasteiger partial charge in [0.25, 0.3) is 0 Å². The number of thiophene rings is 1. The van der Waals surface area contributed by atoms with Crippen LogP contribution in [0.3, 0.4) is 0 Å². The van der Waals surface area contributed by atoms with Crippen LogP contribution in [-0.2, 0) is 6.42 Å². The lowest BCUT2D eigenvalue weighted by Crippen LogP contribution is -2.06. The van der Waals surface area contributed by atoms with Gasteiger partial charge >= 0.3 is 0 Å². The number of benzene rings is 3. The predicted molar refractivity (Wildman–Crippen MR) is 134 cm³/mol. The molecule has 0 aliphatic heterocycles. The fraction of sp³-hybridized carbons (Fsp3) is 0.222. The zero-order valence-electron chi connectivity index (χ0n) is 19.8. The summed E-state index contributed by atoms with van der Waals surface area (Å²) in [6.07, 6.45) is 0.178. The van der Waals surface area contributed by atoms with Crippen molar-refractivity contribution in [1.82, 2.24) is 0 Å². The van der Waals surface area contributed by atoms with Gasteiger partial charge in [-0.1, -0.05) is 0 Å². The van der Waals surface area contributed by atoms with E-state index >= 15 is 0 Å². The van der Waals surface area contributed by atoms with Crippen LogP contribution < -0.4 is 23.7 Å². The Morgan fingerprint density at radius 3 is 1.91 bits per heavy atom. The second kappa shape index (κ2) is 10.1. The molecule has 6 nitrogen and oxygen atoms in total. The molecule has 0 N–H and O–H groups in total. The van der Waals surface area contributed by atoms with Crippen molar-refractivity contribution in [3.63, 3.8) is 0 Å². The van der Waals surface area contributed by atoms with E-state index in [9.17, 15) is 4.79 Å². The van der Waals surface area contributed by atoms with Crippen LogP contribution >= 0.6 is 11.3 Å². The Bertz CT molecular complexity index is 1300. The maximum Gasteiger partial charge on any atom is 0.203 e. The van der Waals surface area contributed by atoms with Crippen molar-refractivity contribution < 1.29 is 28.5 Å². The van der Waals surface area contributed by atoms with Crippen molar-refractivity contribution in [2.75, 3.05) is 35.5 Å². The monoisotopic (exact) mass is 478 g/mol. The van der Waals surface area contributed by atoms with Gasteiger partial charge in [0.1, 0.15) is 11.5 Å². The summed E-state index contributed by atoms with van der Waals surface area (Å²) in [6.45, 7) is 0. The van der Waals surface area contributed by atoms with E-state index in [1.54, 1.807) is 46.9 Å².